The summed E-state index contributed by atoms with van der Waals surface area (Å²) in [4.78, 5) is 23.8. The van der Waals surface area contributed by atoms with E-state index in [0.29, 0.717) is 21.0 Å². The van der Waals surface area contributed by atoms with Crippen LogP contribution in [0.2, 0.25) is 5.02 Å². The Bertz CT molecular complexity index is 1300. The average Bonchev–Trinajstić information content (AvgIpc) is 3.22. The van der Waals surface area contributed by atoms with Crippen molar-refractivity contribution in [3.05, 3.63) is 76.8 Å². The summed E-state index contributed by atoms with van der Waals surface area (Å²) in [5.74, 6) is -2.87. The van der Waals surface area contributed by atoms with Crippen LogP contribution in [0.4, 0.5) is 0 Å². The van der Waals surface area contributed by atoms with Gasteiger partial charge in [-0.25, -0.2) is 8.42 Å². The summed E-state index contributed by atoms with van der Waals surface area (Å²) in [5.41, 5.74) is 0.232. The number of carboxylic acid groups (broad SMARTS) is 2. The first-order valence-electron chi connectivity index (χ1n) is 9.54. The Morgan fingerprint density at radius 3 is 2.47 bits per heavy atom. The number of sulfonamides is 1. The second-order valence-electron chi connectivity index (χ2n) is 7.58. The molecule has 2 unspecified atom stereocenters. The summed E-state index contributed by atoms with van der Waals surface area (Å²) < 4.78 is 28.4. The first-order chi connectivity index (χ1) is 15.1. The maximum absolute atomic E-state index is 13.0. The molecule has 3 aromatic rings. The molecule has 10 heteroatoms. The number of halogens is 1. The predicted molar refractivity (Wildman–Crippen MR) is 121 cm³/mol. The van der Waals surface area contributed by atoms with Gasteiger partial charge in [0.05, 0.1) is 6.42 Å². The second kappa shape index (κ2) is 8.32. The van der Waals surface area contributed by atoms with E-state index in [2.05, 4.69) is 4.72 Å². The Labute approximate surface area is 193 Å². The van der Waals surface area contributed by atoms with Gasteiger partial charge in [-0.2, -0.15) is 4.72 Å². The van der Waals surface area contributed by atoms with Crippen molar-refractivity contribution in [3.63, 3.8) is 0 Å². The lowest BCUT2D eigenvalue weighted by Gasteiger charge is -2.15. The molecule has 1 aliphatic rings. The zero-order valence-corrected chi connectivity index (χ0v) is 18.9. The van der Waals surface area contributed by atoms with Crippen LogP contribution >= 0.6 is 22.9 Å². The van der Waals surface area contributed by atoms with Crippen LogP contribution in [-0.4, -0.2) is 36.1 Å². The van der Waals surface area contributed by atoms with Crippen molar-refractivity contribution in [2.45, 2.75) is 28.5 Å². The lowest BCUT2D eigenvalue weighted by Crippen LogP contribution is -2.44. The summed E-state index contributed by atoms with van der Waals surface area (Å²) in [6.07, 6.45) is -0.122. The molecule has 2 aromatic carbocycles. The van der Waals surface area contributed by atoms with Crippen LogP contribution < -0.4 is 4.72 Å². The van der Waals surface area contributed by atoms with Gasteiger partial charge in [-0.1, -0.05) is 48.0 Å². The van der Waals surface area contributed by atoms with E-state index in [4.69, 9.17) is 16.7 Å². The molecular formula is C22H18ClNO6S2. The number of hydrogen-bond acceptors (Lipinski definition) is 5. The lowest BCUT2D eigenvalue weighted by atomic mass is 10.0. The van der Waals surface area contributed by atoms with Gasteiger partial charge in [-0.05, 0) is 47.4 Å². The summed E-state index contributed by atoms with van der Waals surface area (Å²) in [6.45, 7) is 0. The van der Waals surface area contributed by atoms with Gasteiger partial charge in [0.1, 0.15) is 9.75 Å². The number of aliphatic carboxylic acids is 2. The van der Waals surface area contributed by atoms with E-state index in [-0.39, 0.29) is 17.1 Å². The molecule has 0 spiro atoms. The van der Waals surface area contributed by atoms with Crippen LogP contribution in [0.1, 0.15) is 23.5 Å². The highest BCUT2D eigenvalue weighted by atomic mass is 35.5. The molecule has 0 saturated heterocycles. The van der Waals surface area contributed by atoms with Crippen molar-refractivity contribution in [3.8, 4) is 10.4 Å². The summed E-state index contributed by atoms with van der Waals surface area (Å²) in [7, 11) is -4.10. The molecule has 1 aromatic heterocycles. The molecule has 32 heavy (non-hydrogen) atoms. The van der Waals surface area contributed by atoms with Crippen LogP contribution in [-0.2, 0) is 26.0 Å². The maximum atomic E-state index is 13.0. The quantitative estimate of drug-likeness (QED) is 0.438. The fraction of sp³-hybridized carbons (Fsp3) is 0.182. The van der Waals surface area contributed by atoms with E-state index < -0.39 is 33.4 Å². The van der Waals surface area contributed by atoms with Gasteiger partial charge in [0.2, 0.25) is 0 Å². The van der Waals surface area contributed by atoms with Crippen LogP contribution in [0.25, 0.3) is 10.4 Å². The molecule has 1 aliphatic carbocycles. The number of hydrogen-bond donors (Lipinski definition) is 3. The predicted octanol–water partition coefficient (Wildman–Crippen LogP) is 3.98. The highest BCUT2D eigenvalue weighted by molar-refractivity contribution is 7.91. The Kier molecular flexibility index (Phi) is 5.85. The third-order valence-corrected chi connectivity index (χ3v) is 8.73. The van der Waals surface area contributed by atoms with Crippen LogP contribution in [0.15, 0.2) is 64.9 Å². The number of benzene rings is 2. The summed E-state index contributed by atoms with van der Waals surface area (Å²) in [5, 5.41) is 19.4. The molecule has 166 valence electrons. The van der Waals surface area contributed by atoms with E-state index in [1.807, 2.05) is 0 Å². The topological polar surface area (TPSA) is 121 Å². The van der Waals surface area contributed by atoms with E-state index in [0.717, 1.165) is 16.9 Å². The van der Waals surface area contributed by atoms with Gasteiger partial charge in [-0.15, -0.1) is 11.3 Å². The molecule has 0 radical (unpaired) electrons. The third-order valence-electron chi connectivity index (χ3n) is 5.34. The van der Waals surface area contributed by atoms with Crippen molar-refractivity contribution < 1.29 is 28.2 Å². The average molecular weight is 492 g/mol. The van der Waals surface area contributed by atoms with Gasteiger partial charge in [0.15, 0.2) is 0 Å². The largest absolute Gasteiger partial charge is 0.481 e. The Hall–Kier alpha value is -2.72. The summed E-state index contributed by atoms with van der Waals surface area (Å²) >= 11 is 6.93. The fourth-order valence-electron chi connectivity index (χ4n) is 3.68. The number of carbonyl (C=O) groups is 2. The van der Waals surface area contributed by atoms with E-state index >= 15 is 0 Å². The SMILES string of the molecule is O=C(O)Cc1cccc(C2CC2(NS(=O)(=O)c2ccc(-c3ccc(Cl)cc3)s2)C(=O)O)c1. The molecule has 0 bridgehead atoms. The number of thiophene rings is 1. The molecule has 1 fully saturated rings. The molecule has 1 saturated carbocycles. The minimum absolute atomic E-state index is 0.00773. The first-order valence-corrected chi connectivity index (χ1v) is 12.2. The van der Waals surface area contributed by atoms with E-state index in [9.17, 15) is 23.1 Å². The monoisotopic (exact) mass is 491 g/mol. The number of carboxylic acids is 2. The van der Waals surface area contributed by atoms with Gasteiger partial charge < -0.3 is 10.2 Å². The van der Waals surface area contributed by atoms with Crippen LogP contribution in [0.5, 0.6) is 0 Å². The zero-order chi connectivity index (χ0) is 23.1. The zero-order valence-electron chi connectivity index (χ0n) is 16.5. The van der Waals surface area contributed by atoms with Crippen molar-refractivity contribution in [1.82, 2.24) is 4.72 Å². The lowest BCUT2D eigenvalue weighted by molar-refractivity contribution is -0.140. The summed E-state index contributed by atoms with van der Waals surface area (Å²) in [6, 6.07) is 16.6. The van der Waals surface area contributed by atoms with E-state index in [1.54, 1.807) is 54.6 Å². The van der Waals surface area contributed by atoms with Crippen LogP contribution in [0, 0.1) is 0 Å². The standard InChI is InChI=1S/C22H18ClNO6S2/c23-16-6-4-14(5-7-16)18-8-9-20(31-18)32(29,30)24-22(21(27)28)12-17(22)15-3-1-2-13(10-15)11-19(25)26/h1-10,17,24H,11-12H2,(H,25,26)(H,27,28). The minimum atomic E-state index is -4.10. The normalized spacial score (nSPS) is 20.1. The van der Waals surface area contributed by atoms with Crippen LogP contribution in [0.3, 0.4) is 0 Å². The van der Waals surface area contributed by atoms with Crippen molar-refractivity contribution >= 4 is 44.9 Å². The molecule has 3 N–H and O–H groups in total. The van der Waals surface area contributed by atoms with Gasteiger partial charge in [0, 0.05) is 15.8 Å². The molecule has 2 atom stereocenters. The van der Waals surface area contributed by atoms with Gasteiger partial charge in [-0.3, -0.25) is 9.59 Å². The van der Waals surface area contributed by atoms with Gasteiger partial charge in [0.25, 0.3) is 10.0 Å². The highest BCUT2D eigenvalue weighted by Crippen LogP contribution is 2.52. The molecule has 7 nitrogen and oxygen atoms in total. The van der Waals surface area contributed by atoms with Crippen molar-refractivity contribution in [2.75, 3.05) is 0 Å². The molecule has 0 aliphatic heterocycles. The molecule has 0 amide bonds. The third kappa shape index (κ3) is 4.42. The molecule has 1 heterocycles. The Balaban J connectivity index is 1.58. The van der Waals surface area contributed by atoms with Crippen molar-refractivity contribution in [1.29, 1.82) is 0 Å². The smallest absolute Gasteiger partial charge is 0.325 e. The maximum Gasteiger partial charge on any atom is 0.325 e. The minimum Gasteiger partial charge on any atom is -0.481 e. The Morgan fingerprint density at radius 2 is 1.81 bits per heavy atom. The van der Waals surface area contributed by atoms with E-state index in [1.165, 1.54) is 6.07 Å². The number of rotatable bonds is 8. The Morgan fingerprint density at radius 1 is 1.09 bits per heavy atom. The molecular weight excluding hydrogens is 474 g/mol. The fourth-order valence-corrected chi connectivity index (χ4v) is 6.52. The highest BCUT2D eigenvalue weighted by Gasteiger charge is 2.63. The first kappa shape index (κ1) is 22.5. The van der Waals surface area contributed by atoms with Gasteiger partial charge >= 0.3 is 11.9 Å². The van der Waals surface area contributed by atoms with Crippen molar-refractivity contribution in [2.24, 2.45) is 0 Å². The number of nitrogens with one attached hydrogen (secondary N) is 1. The second-order valence-corrected chi connectivity index (χ2v) is 11.0. The molecule has 4 rings (SSSR count).